The van der Waals surface area contributed by atoms with E-state index in [4.69, 9.17) is 1.41 Å². The van der Waals surface area contributed by atoms with Gasteiger partial charge in [0.25, 0.3) is 0 Å². The highest BCUT2D eigenvalue weighted by Gasteiger charge is 2.20. The highest BCUT2D eigenvalue weighted by Crippen LogP contribution is 2.23. The van der Waals surface area contributed by atoms with Crippen LogP contribution in [-0.2, 0) is 7.05 Å². The van der Waals surface area contributed by atoms with Gasteiger partial charge in [-0.1, -0.05) is 15.9 Å². The summed E-state index contributed by atoms with van der Waals surface area (Å²) in [5, 5.41) is 1.50. The average Bonchev–Trinajstić information content (AvgIpc) is 2.48. The fraction of sp³-hybridized carbons (Fsp3) is 0.429. The molecule has 0 saturated carbocycles. The first-order valence-corrected chi connectivity index (χ1v) is 7.43. The van der Waals surface area contributed by atoms with Crippen molar-refractivity contribution in [2.45, 2.75) is 18.9 Å². The van der Waals surface area contributed by atoms with E-state index in [-0.39, 0.29) is 6.04 Å². The summed E-state index contributed by atoms with van der Waals surface area (Å²) in [4.78, 5) is 24.6. The van der Waals surface area contributed by atoms with Crippen LogP contribution in [0.5, 0.6) is 0 Å². The molecule has 1 N–H and O–H groups in total. The molecule has 20 heavy (non-hydrogen) atoms. The van der Waals surface area contributed by atoms with Crippen LogP contribution in [0, 0.1) is 0 Å². The minimum Gasteiger partial charge on any atom is -0.317 e. The van der Waals surface area contributed by atoms with E-state index in [9.17, 15) is 9.59 Å². The van der Waals surface area contributed by atoms with E-state index in [0.717, 1.165) is 15.5 Å². The third-order valence-corrected chi connectivity index (χ3v) is 4.36. The molecule has 1 aliphatic heterocycles. The number of hydrogen-bond donors (Lipinski definition) is 1. The number of piperidine rings is 1. The van der Waals surface area contributed by atoms with Gasteiger partial charge in [-0.05, 0) is 44.1 Å². The Balaban J connectivity index is 2.27. The number of hydrogen-bond acceptors (Lipinski definition) is 3. The maximum absolute atomic E-state index is 12.4. The summed E-state index contributed by atoms with van der Waals surface area (Å²) in [7, 11) is 1.62. The predicted octanol–water partition coefficient (Wildman–Crippen LogP) is 1.39. The summed E-state index contributed by atoms with van der Waals surface area (Å²) in [5.41, 5.74) is 0.528. The Morgan fingerprint density at radius 3 is 2.65 bits per heavy atom. The summed E-state index contributed by atoms with van der Waals surface area (Å²) < 4.78 is 11.5. The zero-order valence-electron chi connectivity index (χ0n) is 12.2. The van der Waals surface area contributed by atoms with Gasteiger partial charge in [0.2, 0.25) is 0 Å². The van der Waals surface area contributed by atoms with Crippen molar-refractivity contribution in [2.24, 2.45) is 7.05 Å². The van der Waals surface area contributed by atoms with Crippen LogP contribution in [0.4, 0.5) is 0 Å². The van der Waals surface area contributed by atoms with Gasteiger partial charge in [0.15, 0.2) is 0 Å². The van der Waals surface area contributed by atoms with Crippen LogP contribution in [0.3, 0.4) is 0 Å². The van der Waals surface area contributed by atoms with Crippen LogP contribution in [0.25, 0.3) is 11.0 Å². The minimum atomic E-state index is -0.506. The van der Waals surface area contributed by atoms with Crippen LogP contribution in [0.15, 0.2) is 32.3 Å². The number of aryl methyl sites for hydroxylation is 1. The quantitative estimate of drug-likeness (QED) is 0.799. The van der Waals surface area contributed by atoms with Gasteiger partial charge < -0.3 is 9.88 Å². The number of nitrogens with one attached hydrogen (secondary N) is 1. The summed E-state index contributed by atoms with van der Waals surface area (Å²) >= 11 is 3.40. The fourth-order valence-corrected chi connectivity index (χ4v) is 3.14. The molecule has 1 aliphatic rings. The molecule has 1 saturated heterocycles. The molecule has 1 fully saturated rings. The predicted molar refractivity (Wildman–Crippen MR) is 82.3 cm³/mol. The van der Waals surface area contributed by atoms with E-state index >= 15 is 0 Å². The molecule has 0 atom stereocenters. The normalized spacial score (nSPS) is 18.4. The molecule has 0 aliphatic carbocycles. The van der Waals surface area contributed by atoms with E-state index in [2.05, 4.69) is 15.9 Å². The summed E-state index contributed by atoms with van der Waals surface area (Å²) in [6, 6.07) is 5.58. The van der Waals surface area contributed by atoms with Crippen molar-refractivity contribution in [3.05, 3.63) is 43.4 Å². The van der Waals surface area contributed by atoms with Gasteiger partial charge >= 0.3 is 11.1 Å². The number of nitrogens with zero attached hydrogens (tertiary/aromatic N) is 2. The second-order valence-electron chi connectivity index (χ2n) is 5.07. The number of halogens is 1. The van der Waals surface area contributed by atoms with E-state index in [0.29, 0.717) is 25.9 Å². The lowest BCUT2D eigenvalue weighted by atomic mass is 10.1. The molecule has 1 aromatic carbocycles. The SMILES string of the molecule is [2H]N1CCC(n2c(=O)c(=O)n(C)c3cc(Br)ccc32)CC1. The Morgan fingerprint density at radius 1 is 1.25 bits per heavy atom. The number of rotatable bonds is 1. The zero-order valence-corrected chi connectivity index (χ0v) is 12.8. The van der Waals surface area contributed by atoms with Crippen LogP contribution in [-0.4, -0.2) is 22.2 Å². The van der Waals surface area contributed by atoms with Crippen LogP contribution in [0.1, 0.15) is 18.9 Å². The number of aromatic nitrogens is 2. The van der Waals surface area contributed by atoms with Gasteiger partial charge in [0.1, 0.15) is 1.41 Å². The average molecular weight is 339 g/mol. The molecule has 3 rings (SSSR count). The van der Waals surface area contributed by atoms with Gasteiger partial charge in [-0.2, -0.15) is 0 Å². The standard InChI is InChI=1S/C14H16BrN3O2/c1-17-12-8-9(15)2-3-11(12)18(14(20)13(17)19)10-4-6-16-7-5-10/h2-3,8,10,16H,4-7H2,1H3/i/hD. The molecule has 0 unspecified atom stereocenters. The van der Waals surface area contributed by atoms with Crippen molar-refractivity contribution < 1.29 is 1.41 Å². The molecule has 2 heterocycles. The van der Waals surface area contributed by atoms with Gasteiger partial charge in [-0.15, -0.1) is 0 Å². The highest BCUT2D eigenvalue weighted by atomic mass is 79.9. The van der Waals surface area contributed by atoms with Crippen molar-refractivity contribution in [3.63, 3.8) is 0 Å². The first kappa shape index (κ1) is 12.3. The Kier molecular flexibility index (Phi) is 3.20. The monoisotopic (exact) mass is 338 g/mol. The molecule has 6 heteroatoms. The third kappa shape index (κ3) is 2.13. The topological polar surface area (TPSA) is 56.0 Å². The molecule has 2 aromatic rings. The van der Waals surface area contributed by atoms with Crippen molar-refractivity contribution in [1.29, 1.82) is 0 Å². The third-order valence-electron chi connectivity index (χ3n) is 3.87. The lowest BCUT2D eigenvalue weighted by molar-refractivity contribution is 0.366. The van der Waals surface area contributed by atoms with E-state index in [1.165, 1.54) is 9.88 Å². The molecule has 0 radical (unpaired) electrons. The van der Waals surface area contributed by atoms with E-state index < -0.39 is 11.1 Å². The maximum Gasteiger partial charge on any atom is 0.317 e. The van der Waals surface area contributed by atoms with Crippen LogP contribution >= 0.6 is 15.9 Å². The molecular formula is C14H16BrN3O2. The summed E-state index contributed by atoms with van der Waals surface area (Å²) in [6.45, 7) is 1.23. The summed E-state index contributed by atoms with van der Waals surface area (Å²) in [5.74, 6) is 0. The molecule has 106 valence electrons. The molecule has 0 amide bonds. The van der Waals surface area contributed by atoms with Crippen LogP contribution < -0.4 is 16.4 Å². The van der Waals surface area contributed by atoms with Gasteiger partial charge in [-0.25, -0.2) is 0 Å². The van der Waals surface area contributed by atoms with Crippen molar-refractivity contribution in [3.8, 4) is 0 Å². The Hall–Kier alpha value is -1.40. The van der Waals surface area contributed by atoms with Crippen molar-refractivity contribution in [2.75, 3.05) is 13.1 Å². The Bertz CT molecular complexity index is 806. The summed E-state index contributed by atoms with van der Waals surface area (Å²) in [6.07, 6.45) is 1.42. The number of benzene rings is 1. The first-order valence-electron chi connectivity index (χ1n) is 7.08. The minimum absolute atomic E-state index is 0.0170. The van der Waals surface area contributed by atoms with Crippen molar-refractivity contribution >= 4 is 27.0 Å². The lowest BCUT2D eigenvalue weighted by Gasteiger charge is -2.26. The first-order chi connectivity index (χ1) is 9.99. The van der Waals surface area contributed by atoms with Crippen LogP contribution in [0.2, 0.25) is 1.41 Å². The molecular weight excluding hydrogens is 322 g/mol. The van der Waals surface area contributed by atoms with Gasteiger partial charge in [0, 0.05) is 17.6 Å². The smallest absolute Gasteiger partial charge is 0.317 e. The number of fused-ring (bicyclic) bond motifs is 1. The molecule has 0 spiro atoms. The maximum atomic E-state index is 12.4. The molecule has 1 aromatic heterocycles. The lowest BCUT2D eigenvalue weighted by Crippen LogP contribution is -2.44. The van der Waals surface area contributed by atoms with E-state index in [1.54, 1.807) is 11.6 Å². The Labute approximate surface area is 125 Å². The zero-order chi connectivity index (χ0) is 15.1. The Morgan fingerprint density at radius 2 is 1.95 bits per heavy atom. The second-order valence-corrected chi connectivity index (χ2v) is 5.99. The molecule has 0 bridgehead atoms. The van der Waals surface area contributed by atoms with Crippen molar-refractivity contribution in [1.82, 2.24) is 14.4 Å². The largest absolute Gasteiger partial charge is 0.317 e. The van der Waals surface area contributed by atoms with Gasteiger partial charge in [-0.3, -0.25) is 14.2 Å². The van der Waals surface area contributed by atoms with Gasteiger partial charge in [0.05, 0.1) is 11.0 Å². The molecule has 5 nitrogen and oxygen atoms in total. The van der Waals surface area contributed by atoms with E-state index in [1.807, 2.05) is 18.2 Å². The fourth-order valence-electron chi connectivity index (χ4n) is 2.79. The second kappa shape index (κ2) is 5.18. The highest BCUT2D eigenvalue weighted by molar-refractivity contribution is 9.10.